The number of rotatable bonds is 2. The molecule has 0 saturated carbocycles. The lowest BCUT2D eigenvalue weighted by Gasteiger charge is -2.20. The molecule has 1 N–H and O–H groups in total. The summed E-state index contributed by atoms with van der Waals surface area (Å²) in [4.78, 5) is 0. The number of hydrogen-bond acceptors (Lipinski definition) is 1. The molecule has 0 saturated heterocycles. The molecule has 5 heteroatoms. The molecule has 0 aliphatic heterocycles. The fourth-order valence-electron chi connectivity index (χ4n) is 1.25. The molecule has 1 aromatic heterocycles. The second-order valence-electron chi connectivity index (χ2n) is 2.81. The number of hydrogen-bond donors (Lipinski definition) is 1. The molecule has 2 nitrogen and oxygen atoms in total. The molecule has 0 radical (unpaired) electrons. The van der Waals surface area contributed by atoms with Crippen molar-refractivity contribution in [3.05, 3.63) is 24.0 Å². The van der Waals surface area contributed by atoms with Crippen LogP contribution in [0.1, 0.15) is 11.7 Å². The molecule has 0 amide bonds. The van der Waals surface area contributed by atoms with Gasteiger partial charge in [-0.15, -0.1) is 0 Å². The van der Waals surface area contributed by atoms with Crippen molar-refractivity contribution in [2.24, 2.45) is 7.05 Å². The zero-order valence-electron chi connectivity index (χ0n) is 7.39. The summed E-state index contributed by atoms with van der Waals surface area (Å²) in [5, 5.41) is 2.24. The van der Waals surface area contributed by atoms with Gasteiger partial charge in [-0.05, 0) is 19.2 Å². The van der Waals surface area contributed by atoms with Gasteiger partial charge in [0.15, 0.2) is 0 Å². The second-order valence-corrected chi connectivity index (χ2v) is 2.81. The van der Waals surface area contributed by atoms with Crippen LogP contribution in [-0.2, 0) is 7.05 Å². The Morgan fingerprint density at radius 3 is 2.38 bits per heavy atom. The van der Waals surface area contributed by atoms with Crippen molar-refractivity contribution < 1.29 is 13.2 Å². The van der Waals surface area contributed by atoms with Crippen LogP contribution in [0.15, 0.2) is 18.3 Å². The van der Waals surface area contributed by atoms with Crippen molar-refractivity contribution in [1.29, 1.82) is 0 Å². The first-order chi connectivity index (χ1) is 5.96. The minimum absolute atomic E-state index is 0.218. The van der Waals surface area contributed by atoms with E-state index in [-0.39, 0.29) is 5.69 Å². The molecule has 1 unspecified atom stereocenters. The van der Waals surface area contributed by atoms with Crippen LogP contribution < -0.4 is 5.32 Å². The summed E-state index contributed by atoms with van der Waals surface area (Å²) in [6.45, 7) is 0. The standard InChI is InChI=1S/C8H11F3N2/c1-12-7(8(9,10)11)6-4-3-5-13(6)2/h3-5,7,12H,1-2H3. The molecule has 1 aromatic rings. The first-order valence-electron chi connectivity index (χ1n) is 3.82. The van der Waals surface area contributed by atoms with Crippen LogP contribution in [0.25, 0.3) is 0 Å². The van der Waals surface area contributed by atoms with E-state index in [2.05, 4.69) is 5.32 Å². The van der Waals surface area contributed by atoms with E-state index in [1.807, 2.05) is 0 Å². The lowest BCUT2D eigenvalue weighted by atomic mass is 10.2. The van der Waals surface area contributed by atoms with E-state index in [9.17, 15) is 13.2 Å². The highest BCUT2D eigenvalue weighted by Gasteiger charge is 2.40. The number of nitrogens with one attached hydrogen (secondary N) is 1. The van der Waals surface area contributed by atoms with E-state index >= 15 is 0 Å². The topological polar surface area (TPSA) is 17.0 Å². The molecule has 0 aliphatic rings. The molecule has 1 rings (SSSR count). The quantitative estimate of drug-likeness (QED) is 0.756. The first-order valence-corrected chi connectivity index (χ1v) is 3.82. The first kappa shape index (κ1) is 10.1. The molecule has 1 heterocycles. The maximum absolute atomic E-state index is 12.4. The Kier molecular flexibility index (Phi) is 2.66. The number of nitrogens with zero attached hydrogens (tertiary/aromatic N) is 1. The van der Waals surface area contributed by atoms with Crippen molar-refractivity contribution in [1.82, 2.24) is 9.88 Å². The largest absolute Gasteiger partial charge is 0.409 e. The fraction of sp³-hybridized carbons (Fsp3) is 0.500. The monoisotopic (exact) mass is 192 g/mol. The van der Waals surface area contributed by atoms with Crippen LogP contribution in [0.5, 0.6) is 0 Å². The molecule has 0 spiro atoms. The Bertz CT molecular complexity index is 277. The van der Waals surface area contributed by atoms with Crippen molar-refractivity contribution in [3.8, 4) is 0 Å². The Labute approximate surface area is 74.4 Å². The van der Waals surface area contributed by atoms with Crippen molar-refractivity contribution in [2.45, 2.75) is 12.2 Å². The van der Waals surface area contributed by atoms with Crippen LogP contribution in [0, 0.1) is 0 Å². The molecule has 1 atom stereocenters. The predicted octanol–water partition coefficient (Wildman–Crippen LogP) is 1.85. The van der Waals surface area contributed by atoms with Gasteiger partial charge in [-0.3, -0.25) is 0 Å². The summed E-state index contributed by atoms with van der Waals surface area (Å²) in [6.07, 6.45) is -2.66. The smallest absolute Gasteiger partial charge is 0.353 e. The summed E-state index contributed by atoms with van der Waals surface area (Å²) < 4.78 is 38.6. The molecule has 74 valence electrons. The van der Waals surface area contributed by atoms with Crippen LogP contribution in [0.3, 0.4) is 0 Å². The highest BCUT2D eigenvalue weighted by atomic mass is 19.4. The van der Waals surface area contributed by atoms with E-state index in [4.69, 9.17) is 0 Å². The number of aromatic nitrogens is 1. The average Bonchev–Trinajstić information content (AvgIpc) is 2.35. The average molecular weight is 192 g/mol. The summed E-state index contributed by atoms with van der Waals surface area (Å²) in [5.74, 6) is 0. The second kappa shape index (κ2) is 3.41. The summed E-state index contributed by atoms with van der Waals surface area (Å²) in [5.41, 5.74) is 0.218. The molecule has 0 aromatic carbocycles. The van der Waals surface area contributed by atoms with Gasteiger partial charge in [0.2, 0.25) is 0 Å². The van der Waals surface area contributed by atoms with Crippen LogP contribution >= 0.6 is 0 Å². The van der Waals surface area contributed by atoms with Gasteiger partial charge in [0.1, 0.15) is 6.04 Å². The zero-order valence-corrected chi connectivity index (χ0v) is 7.39. The molecular formula is C8H11F3N2. The lowest BCUT2D eigenvalue weighted by Crippen LogP contribution is -2.32. The van der Waals surface area contributed by atoms with Gasteiger partial charge in [0, 0.05) is 18.9 Å². The van der Waals surface area contributed by atoms with E-state index in [1.54, 1.807) is 19.3 Å². The summed E-state index contributed by atoms with van der Waals surface area (Å²) in [7, 11) is 2.89. The van der Waals surface area contributed by atoms with Gasteiger partial charge in [0.25, 0.3) is 0 Å². The van der Waals surface area contributed by atoms with E-state index in [1.165, 1.54) is 17.7 Å². The van der Waals surface area contributed by atoms with Gasteiger partial charge in [-0.1, -0.05) is 0 Å². The third-order valence-electron chi connectivity index (χ3n) is 1.90. The Balaban J connectivity index is 2.98. The third-order valence-corrected chi connectivity index (χ3v) is 1.90. The van der Waals surface area contributed by atoms with Crippen molar-refractivity contribution in [3.63, 3.8) is 0 Å². The SMILES string of the molecule is CNC(c1cccn1C)C(F)(F)F. The van der Waals surface area contributed by atoms with E-state index in [0.717, 1.165) is 0 Å². The van der Waals surface area contributed by atoms with Gasteiger partial charge in [-0.25, -0.2) is 0 Å². The van der Waals surface area contributed by atoms with Gasteiger partial charge in [-0.2, -0.15) is 13.2 Å². The van der Waals surface area contributed by atoms with E-state index in [0.29, 0.717) is 0 Å². The predicted molar refractivity (Wildman–Crippen MR) is 43.3 cm³/mol. The molecule has 13 heavy (non-hydrogen) atoms. The summed E-state index contributed by atoms with van der Waals surface area (Å²) >= 11 is 0. The van der Waals surface area contributed by atoms with Gasteiger partial charge in [0.05, 0.1) is 0 Å². The molecule has 0 bridgehead atoms. The fourth-order valence-corrected chi connectivity index (χ4v) is 1.25. The maximum atomic E-state index is 12.4. The minimum Gasteiger partial charge on any atom is -0.353 e. The highest BCUT2D eigenvalue weighted by Crippen LogP contribution is 2.31. The lowest BCUT2D eigenvalue weighted by molar-refractivity contribution is -0.157. The third kappa shape index (κ3) is 2.03. The molecule has 0 aliphatic carbocycles. The Morgan fingerprint density at radius 1 is 1.46 bits per heavy atom. The van der Waals surface area contributed by atoms with Crippen LogP contribution in [0.2, 0.25) is 0 Å². The molecular weight excluding hydrogens is 181 g/mol. The van der Waals surface area contributed by atoms with E-state index < -0.39 is 12.2 Å². The number of alkyl halides is 3. The Morgan fingerprint density at radius 2 is 2.08 bits per heavy atom. The maximum Gasteiger partial charge on any atom is 0.409 e. The highest BCUT2D eigenvalue weighted by molar-refractivity contribution is 5.13. The number of aryl methyl sites for hydroxylation is 1. The van der Waals surface area contributed by atoms with Gasteiger partial charge < -0.3 is 9.88 Å². The van der Waals surface area contributed by atoms with Gasteiger partial charge >= 0.3 is 6.18 Å². The molecule has 0 fully saturated rings. The van der Waals surface area contributed by atoms with Crippen LogP contribution in [-0.4, -0.2) is 17.8 Å². The van der Waals surface area contributed by atoms with Crippen LogP contribution in [0.4, 0.5) is 13.2 Å². The minimum atomic E-state index is -4.25. The normalized spacial score (nSPS) is 14.5. The van der Waals surface area contributed by atoms with Crippen molar-refractivity contribution in [2.75, 3.05) is 7.05 Å². The zero-order chi connectivity index (χ0) is 10.1. The Hall–Kier alpha value is -0.970. The number of halogens is 3. The summed E-state index contributed by atoms with van der Waals surface area (Å²) in [6, 6.07) is 1.45. The van der Waals surface area contributed by atoms with Crippen molar-refractivity contribution >= 4 is 0 Å².